The Morgan fingerprint density at radius 3 is 2.55 bits per heavy atom. The maximum Gasteiger partial charge on any atom is 0.262 e. The number of methoxy groups -OCH3 is 1. The minimum Gasteiger partial charge on any atom is -0.479 e. The third-order valence-corrected chi connectivity index (χ3v) is 3.09. The van der Waals surface area contributed by atoms with Crippen molar-refractivity contribution < 1.29 is 14.3 Å². The van der Waals surface area contributed by atoms with E-state index >= 15 is 0 Å². The van der Waals surface area contributed by atoms with E-state index in [1.807, 2.05) is 0 Å². The second kappa shape index (κ2) is 6.75. The van der Waals surface area contributed by atoms with E-state index < -0.39 is 0 Å². The molecule has 0 aliphatic heterocycles. The molecular weight excluding hydrogens is 284 g/mol. The van der Waals surface area contributed by atoms with Crippen molar-refractivity contribution in [3.63, 3.8) is 0 Å². The molecule has 0 atom stereocenters. The Labute approximate surface area is 128 Å². The van der Waals surface area contributed by atoms with Gasteiger partial charge in [-0.25, -0.2) is 0 Å². The van der Waals surface area contributed by atoms with Crippen molar-refractivity contribution in [1.82, 2.24) is 15.1 Å². The lowest BCUT2D eigenvalue weighted by Gasteiger charge is -2.06. The predicted molar refractivity (Wildman–Crippen MR) is 81.9 cm³/mol. The van der Waals surface area contributed by atoms with Crippen LogP contribution in [0.15, 0.2) is 30.5 Å². The number of aromatic nitrogens is 2. The zero-order valence-electron chi connectivity index (χ0n) is 12.7. The van der Waals surface area contributed by atoms with E-state index in [4.69, 9.17) is 4.74 Å². The largest absolute Gasteiger partial charge is 0.479 e. The van der Waals surface area contributed by atoms with E-state index in [9.17, 15) is 9.59 Å². The minimum atomic E-state index is -0.302. The average Bonchev–Trinajstić information content (AvgIpc) is 2.90. The van der Waals surface area contributed by atoms with Gasteiger partial charge in [0.25, 0.3) is 5.91 Å². The van der Waals surface area contributed by atoms with Gasteiger partial charge in [-0.3, -0.25) is 14.3 Å². The summed E-state index contributed by atoms with van der Waals surface area (Å²) in [6, 6.07) is 7.09. The van der Waals surface area contributed by atoms with Gasteiger partial charge in [-0.1, -0.05) is 12.1 Å². The van der Waals surface area contributed by atoms with Gasteiger partial charge in [0, 0.05) is 26.0 Å². The number of nitrogens with zero attached hydrogens (tertiary/aromatic N) is 2. The summed E-state index contributed by atoms with van der Waals surface area (Å²) in [5.74, 6) is -0.0860. The molecule has 1 aromatic carbocycles. The maximum absolute atomic E-state index is 12.2. The number of hydrogen-bond acceptors (Lipinski definition) is 4. The summed E-state index contributed by atoms with van der Waals surface area (Å²) in [5.41, 5.74) is 1.87. The standard InChI is InChI=1S/C15H18N4O3/c1-16-13(20)8-10-4-6-11(7-5-10)17-14(21)12-9-19(2)18-15(12)22-3/h4-7,9H,8H2,1-3H3,(H,16,20)(H,17,21). The summed E-state index contributed by atoms with van der Waals surface area (Å²) in [6.45, 7) is 0. The quantitative estimate of drug-likeness (QED) is 0.862. The van der Waals surface area contributed by atoms with E-state index in [2.05, 4.69) is 15.7 Å². The van der Waals surface area contributed by atoms with Gasteiger partial charge in [0.05, 0.1) is 13.5 Å². The average molecular weight is 302 g/mol. The van der Waals surface area contributed by atoms with Crippen LogP contribution in [-0.4, -0.2) is 35.8 Å². The van der Waals surface area contributed by atoms with Crippen LogP contribution in [0.25, 0.3) is 0 Å². The van der Waals surface area contributed by atoms with Gasteiger partial charge in [0.2, 0.25) is 11.8 Å². The van der Waals surface area contributed by atoms with E-state index in [0.717, 1.165) is 5.56 Å². The van der Waals surface area contributed by atoms with E-state index in [0.29, 0.717) is 17.7 Å². The van der Waals surface area contributed by atoms with Gasteiger partial charge < -0.3 is 15.4 Å². The third kappa shape index (κ3) is 3.63. The maximum atomic E-state index is 12.2. The van der Waals surface area contributed by atoms with Crippen molar-refractivity contribution >= 4 is 17.5 Å². The highest BCUT2D eigenvalue weighted by Crippen LogP contribution is 2.17. The van der Waals surface area contributed by atoms with Crippen molar-refractivity contribution in [3.05, 3.63) is 41.6 Å². The predicted octanol–water partition coefficient (Wildman–Crippen LogP) is 0.969. The van der Waals surface area contributed by atoms with Gasteiger partial charge >= 0.3 is 0 Å². The molecule has 0 aliphatic rings. The van der Waals surface area contributed by atoms with E-state index in [1.165, 1.54) is 11.8 Å². The van der Waals surface area contributed by atoms with Gasteiger partial charge in [-0.15, -0.1) is 5.10 Å². The number of carbonyl (C=O) groups excluding carboxylic acids is 2. The Bertz CT molecular complexity index is 677. The molecule has 0 spiro atoms. The highest BCUT2D eigenvalue weighted by molar-refractivity contribution is 6.05. The van der Waals surface area contributed by atoms with Crippen molar-refractivity contribution in [2.75, 3.05) is 19.5 Å². The molecule has 1 heterocycles. The number of rotatable bonds is 5. The molecule has 0 saturated heterocycles. The van der Waals surface area contributed by atoms with E-state index in [1.54, 1.807) is 44.6 Å². The topological polar surface area (TPSA) is 85.3 Å². The second-order valence-corrected chi connectivity index (χ2v) is 4.73. The van der Waals surface area contributed by atoms with Crippen LogP contribution in [0.1, 0.15) is 15.9 Å². The van der Waals surface area contributed by atoms with Crippen molar-refractivity contribution in [2.45, 2.75) is 6.42 Å². The molecule has 0 bridgehead atoms. The molecule has 116 valence electrons. The number of anilines is 1. The molecule has 0 unspecified atom stereocenters. The molecule has 2 amide bonds. The normalized spacial score (nSPS) is 10.1. The SMILES string of the molecule is CNC(=O)Cc1ccc(NC(=O)c2cn(C)nc2OC)cc1. The first kappa shape index (κ1) is 15.6. The number of amides is 2. The molecule has 0 aliphatic carbocycles. The molecule has 7 nitrogen and oxygen atoms in total. The van der Waals surface area contributed by atoms with Gasteiger partial charge in [0.15, 0.2) is 0 Å². The number of aryl methyl sites for hydroxylation is 1. The second-order valence-electron chi connectivity index (χ2n) is 4.73. The highest BCUT2D eigenvalue weighted by atomic mass is 16.5. The fraction of sp³-hybridized carbons (Fsp3) is 0.267. The summed E-state index contributed by atoms with van der Waals surface area (Å²) < 4.78 is 6.58. The molecule has 7 heteroatoms. The zero-order valence-corrected chi connectivity index (χ0v) is 12.7. The Kier molecular flexibility index (Phi) is 4.77. The van der Waals surface area contributed by atoms with Crippen LogP contribution in [0.5, 0.6) is 5.88 Å². The zero-order chi connectivity index (χ0) is 16.1. The first-order valence-electron chi connectivity index (χ1n) is 6.72. The van der Waals surface area contributed by atoms with Gasteiger partial charge in [0.1, 0.15) is 5.56 Å². The summed E-state index contributed by atoms with van der Waals surface area (Å²) in [6.07, 6.45) is 1.90. The molecule has 22 heavy (non-hydrogen) atoms. The number of nitrogens with one attached hydrogen (secondary N) is 2. The molecular formula is C15H18N4O3. The number of benzene rings is 1. The Morgan fingerprint density at radius 1 is 1.27 bits per heavy atom. The van der Waals surface area contributed by atoms with Crippen LogP contribution >= 0.6 is 0 Å². The summed E-state index contributed by atoms with van der Waals surface area (Å²) in [4.78, 5) is 23.5. The molecule has 0 saturated carbocycles. The first-order chi connectivity index (χ1) is 10.5. The Hall–Kier alpha value is -2.83. The molecule has 0 fully saturated rings. The summed E-state index contributed by atoms with van der Waals surface area (Å²) in [7, 11) is 4.78. The van der Waals surface area contributed by atoms with Gasteiger partial charge in [-0.2, -0.15) is 0 Å². The lowest BCUT2D eigenvalue weighted by molar-refractivity contribution is -0.119. The first-order valence-corrected chi connectivity index (χ1v) is 6.72. The van der Waals surface area contributed by atoms with Crippen molar-refractivity contribution in [3.8, 4) is 5.88 Å². The summed E-state index contributed by atoms with van der Waals surface area (Å²) in [5, 5.41) is 9.37. The lowest BCUT2D eigenvalue weighted by atomic mass is 10.1. The fourth-order valence-electron chi connectivity index (χ4n) is 1.95. The highest BCUT2D eigenvalue weighted by Gasteiger charge is 2.16. The number of carbonyl (C=O) groups is 2. The Balaban J connectivity index is 2.07. The van der Waals surface area contributed by atoms with E-state index in [-0.39, 0.29) is 17.7 Å². The molecule has 0 radical (unpaired) electrons. The van der Waals surface area contributed by atoms with Crippen LogP contribution in [0.3, 0.4) is 0 Å². The Morgan fingerprint density at radius 2 is 1.95 bits per heavy atom. The smallest absolute Gasteiger partial charge is 0.262 e. The van der Waals surface area contributed by atoms with Crippen LogP contribution in [0, 0.1) is 0 Å². The molecule has 2 N–H and O–H groups in total. The minimum absolute atomic E-state index is 0.0584. The van der Waals surface area contributed by atoms with Crippen molar-refractivity contribution in [2.24, 2.45) is 7.05 Å². The third-order valence-electron chi connectivity index (χ3n) is 3.09. The summed E-state index contributed by atoms with van der Waals surface area (Å²) >= 11 is 0. The number of hydrogen-bond donors (Lipinski definition) is 2. The molecule has 2 rings (SSSR count). The van der Waals surface area contributed by atoms with Crippen LogP contribution in [0.2, 0.25) is 0 Å². The van der Waals surface area contributed by atoms with Crippen LogP contribution in [0.4, 0.5) is 5.69 Å². The van der Waals surface area contributed by atoms with Crippen molar-refractivity contribution in [1.29, 1.82) is 0 Å². The lowest BCUT2D eigenvalue weighted by Crippen LogP contribution is -2.19. The number of likely N-dealkylation sites (N-methyl/N-ethyl adjacent to an activating group) is 1. The number of ether oxygens (including phenoxy) is 1. The van der Waals surface area contributed by atoms with Crippen LogP contribution < -0.4 is 15.4 Å². The van der Waals surface area contributed by atoms with Gasteiger partial charge in [-0.05, 0) is 17.7 Å². The monoisotopic (exact) mass is 302 g/mol. The van der Waals surface area contributed by atoms with Crippen LogP contribution in [-0.2, 0) is 18.3 Å². The molecule has 2 aromatic rings. The fourth-order valence-corrected chi connectivity index (χ4v) is 1.95. The molecule has 1 aromatic heterocycles.